The first-order chi connectivity index (χ1) is 8.43. The topological polar surface area (TPSA) is 24.5 Å². The molecule has 0 bridgehead atoms. The highest BCUT2D eigenvalue weighted by Gasteiger charge is 2.34. The van der Waals surface area contributed by atoms with Crippen LogP contribution in [0.1, 0.15) is 38.5 Å². The van der Waals surface area contributed by atoms with Crippen LogP contribution in [0.4, 0.5) is 0 Å². The van der Waals surface area contributed by atoms with Crippen LogP contribution in [0.15, 0.2) is 0 Å². The summed E-state index contributed by atoms with van der Waals surface area (Å²) in [6.45, 7) is 5.44. The standard InChI is InChI=1S/C14H26N2O/c1-2-5-12(4-1)14-6-3-8-16(14)11-13-10-15-7-9-17-13/h12-15H,1-11H2. The van der Waals surface area contributed by atoms with E-state index in [0.717, 1.165) is 38.2 Å². The Kier molecular flexibility index (Phi) is 3.99. The average molecular weight is 238 g/mol. The lowest BCUT2D eigenvalue weighted by atomic mass is 9.96. The van der Waals surface area contributed by atoms with Crippen molar-refractivity contribution in [3.05, 3.63) is 0 Å². The molecule has 2 unspecified atom stereocenters. The van der Waals surface area contributed by atoms with Gasteiger partial charge in [-0.05, 0) is 38.1 Å². The lowest BCUT2D eigenvalue weighted by molar-refractivity contribution is -0.00125. The number of hydrogen-bond acceptors (Lipinski definition) is 3. The lowest BCUT2D eigenvalue weighted by Crippen LogP contribution is -2.47. The van der Waals surface area contributed by atoms with E-state index in [1.54, 1.807) is 0 Å². The maximum atomic E-state index is 5.85. The van der Waals surface area contributed by atoms with Crippen LogP contribution in [-0.2, 0) is 4.74 Å². The number of nitrogens with zero attached hydrogens (tertiary/aromatic N) is 1. The number of ether oxygens (including phenoxy) is 1. The Balaban J connectivity index is 1.53. The monoisotopic (exact) mass is 238 g/mol. The predicted octanol–water partition coefficient (Wildman–Crippen LogP) is 1.63. The maximum Gasteiger partial charge on any atom is 0.0826 e. The molecule has 0 aromatic carbocycles. The molecule has 2 saturated heterocycles. The zero-order valence-corrected chi connectivity index (χ0v) is 10.9. The first-order valence-corrected chi connectivity index (χ1v) is 7.50. The smallest absolute Gasteiger partial charge is 0.0826 e. The van der Waals surface area contributed by atoms with Gasteiger partial charge in [-0.2, -0.15) is 0 Å². The molecule has 1 aliphatic carbocycles. The van der Waals surface area contributed by atoms with Gasteiger partial charge in [-0.15, -0.1) is 0 Å². The largest absolute Gasteiger partial charge is 0.374 e. The van der Waals surface area contributed by atoms with Crippen LogP contribution in [-0.4, -0.2) is 49.8 Å². The molecule has 0 spiro atoms. The summed E-state index contributed by atoms with van der Waals surface area (Å²) >= 11 is 0. The second-order valence-electron chi connectivity index (χ2n) is 5.95. The van der Waals surface area contributed by atoms with Crippen molar-refractivity contribution in [1.29, 1.82) is 0 Å². The molecule has 1 saturated carbocycles. The van der Waals surface area contributed by atoms with E-state index in [-0.39, 0.29) is 0 Å². The summed E-state index contributed by atoms with van der Waals surface area (Å²) in [6.07, 6.45) is 9.17. The van der Waals surface area contributed by atoms with Gasteiger partial charge in [0.15, 0.2) is 0 Å². The molecule has 17 heavy (non-hydrogen) atoms. The van der Waals surface area contributed by atoms with Crippen LogP contribution in [0.25, 0.3) is 0 Å². The van der Waals surface area contributed by atoms with Crippen molar-refractivity contribution in [3.63, 3.8) is 0 Å². The van der Waals surface area contributed by atoms with Crippen LogP contribution in [0.3, 0.4) is 0 Å². The van der Waals surface area contributed by atoms with Gasteiger partial charge in [0, 0.05) is 25.7 Å². The fourth-order valence-corrected chi connectivity index (χ4v) is 3.95. The number of morpholine rings is 1. The van der Waals surface area contributed by atoms with Crippen LogP contribution in [0, 0.1) is 5.92 Å². The summed E-state index contributed by atoms with van der Waals surface area (Å²) in [4.78, 5) is 2.73. The number of hydrogen-bond donors (Lipinski definition) is 1. The Morgan fingerprint density at radius 2 is 2.00 bits per heavy atom. The molecule has 3 rings (SSSR count). The van der Waals surface area contributed by atoms with Crippen molar-refractivity contribution in [3.8, 4) is 0 Å². The normalized spacial score (nSPS) is 36.7. The van der Waals surface area contributed by atoms with E-state index in [1.165, 1.54) is 45.1 Å². The molecular formula is C14H26N2O. The van der Waals surface area contributed by atoms with Crippen molar-refractivity contribution >= 4 is 0 Å². The SMILES string of the molecule is C1CCC(C2CCCN2CC2CNCCO2)C1. The number of rotatable bonds is 3. The molecule has 98 valence electrons. The van der Waals surface area contributed by atoms with Gasteiger partial charge >= 0.3 is 0 Å². The molecule has 0 aromatic rings. The number of likely N-dealkylation sites (tertiary alicyclic amines) is 1. The molecule has 1 N–H and O–H groups in total. The third-order valence-electron chi connectivity index (χ3n) is 4.80. The third kappa shape index (κ3) is 2.83. The fraction of sp³-hybridized carbons (Fsp3) is 1.00. The van der Waals surface area contributed by atoms with Crippen molar-refractivity contribution in [2.45, 2.75) is 50.7 Å². The minimum atomic E-state index is 0.436. The molecule has 0 amide bonds. The van der Waals surface area contributed by atoms with Crippen molar-refractivity contribution in [1.82, 2.24) is 10.2 Å². The Morgan fingerprint density at radius 3 is 2.76 bits per heavy atom. The van der Waals surface area contributed by atoms with E-state index >= 15 is 0 Å². The van der Waals surface area contributed by atoms with Crippen LogP contribution in [0.5, 0.6) is 0 Å². The first kappa shape index (κ1) is 11.9. The van der Waals surface area contributed by atoms with Crippen LogP contribution < -0.4 is 5.32 Å². The minimum Gasteiger partial charge on any atom is -0.374 e. The van der Waals surface area contributed by atoms with Gasteiger partial charge in [-0.3, -0.25) is 4.90 Å². The predicted molar refractivity (Wildman–Crippen MR) is 69.2 cm³/mol. The van der Waals surface area contributed by atoms with Gasteiger partial charge in [-0.25, -0.2) is 0 Å². The first-order valence-electron chi connectivity index (χ1n) is 7.50. The van der Waals surface area contributed by atoms with E-state index in [4.69, 9.17) is 4.74 Å². The van der Waals surface area contributed by atoms with Crippen LogP contribution in [0.2, 0.25) is 0 Å². The Morgan fingerprint density at radius 1 is 1.12 bits per heavy atom. The Hall–Kier alpha value is -0.120. The molecule has 2 aliphatic heterocycles. The molecule has 2 heterocycles. The van der Waals surface area contributed by atoms with Gasteiger partial charge in [0.1, 0.15) is 0 Å². The van der Waals surface area contributed by atoms with Crippen molar-refractivity contribution < 1.29 is 4.74 Å². The second-order valence-corrected chi connectivity index (χ2v) is 5.95. The van der Waals surface area contributed by atoms with Gasteiger partial charge < -0.3 is 10.1 Å². The summed E-state index contributed by atoms with van der Waals surface area (Å²) < 4.78 is 5.85. The fourth-order valence-electron chi connectivity index (χ4n) is 3.95. The van der Waals surface area contributed by atoms with Crippen LogP contribution >= 0.6 is 0 Å². The molecular weight excluding hydrogens is 212 g/mol. The zero-order chi connectivity index (χ0) is 11.5. The molecule has 2 atom stereocenters. The summed E-state index contributed by atoms with van der Waals surface area (Å²) in [5.74, 6) is 0.994. The van der Waals surface area contributed by atoms with Gasteiger partial charge in [0.2, 0.25) is 0 Å². The third-order valence-corrected chi connectivity index (χ3v) is 4.80. The summed E-state index contributed by atoms with van der Waals surface area (Å²) in [7, 11) is 0. The van der Waals surface area contributed by atoms with Gasteiger partial charge in [-0.1, -0.05) is 12.8 Å². The maximum absolute atomic E-state index is 5.85. The second kappa shape index (κ2) is 5.68. The van der Waals surface area contributed by atoms with E-state index in [9.17, 15) is 0 Å². The summed E-state index contributed by atoms with van der Waals surface area (Å²) in [5.41, 5.74) is 0. The highest BCUT2D eigenvalue weighted by atomic mass is 16.5. The molecule has 3 fully saturated rings. The highest BCUT2D eigenvalue weighted by Crippen LogP contribution is 2.35. The van der Waals surface area contributed by atoms with E-state index in [2.05, 4.69) is 10.2 Å². The van der Waals surface area contributed by atoms with Crippen molar-refractivity contribution in [2.75, 3.05) is 32.8 Å². The van der Waals surface area contributed by atoms with E-state index < -0.39 is 0 Å². The minimum absolute atomic E-state index is 0.436. The quantitative estimate of drug-likeness (QED) is 0.809. The van der Waals surface area contributed by atoms with E-state index in [1.807, 2.05) is 0 Å². The lowest BCUT2D eigenvalue weighted by Gasteiger charge is -2.33. The molecule has 3 heteroatoms. The highest BCUT2D eigenvalue weighted by molar-refractivity contribution is 4.89. The van der Waals surface area contributed by atoms with Gasteiger partial charge in [0.05, 0.1) is 12.7 Å². The average Bonchev–Trinajstić information content (AvgIpc) is 3.00. The molecule has 0 radical (unpaired) electrons. The Labute approximate surface area is 105 Å². The van der Waals surface area contributed by atoms with Gasteiger partial charge in [0.25, 0.3) is 0 Å². The zero-order valence-electron chi connectivity index (χ0n) is 10.9. The molecule has 3 aliphatic rings. The summed E-state index contributed by atoms with van der Waals surface area (Å²) in [6, 6.07) is 0.878. The summed E-state index contributed by atoms with van der Waals surface area (Å²) in [5, 5.41) is 3.44. The number of nitrogens with one attached hydrogen (secondary N) is 1. The molecule has 0 aromatic heterocycles. The molecule has 3 nitrogen and oxygen atoms in total. The van der Waals surface area contributed by atoms with Crippen molar-refractivity contribution in [2.24, 2.45) is 5.92 Å². The van der Waals surface area contributed by atoms with E-state index in [0.29, 0.717) is 6.10 Å². The Bertz CT molecular complexity index is 234.